The molecular formula is C16H10Cl2O4. The van der Waals surface area contributed by atoms with E-state index in [0.29, 0.717) is 22.3 Å². The lowest BCUT2D eigenvalue weighted by Gasteiger charge is -2.04. The van der Waals surface area contributed by atoms with Crippen molar-refractivity contribution in [2.75, 3.05) is 7.11 Å². The van der Waals surface area contributed by atoms with Gasteiger partial charge in [0.05, 0.1) is 28.1 Å². The predicted octanol–water partition coefficient (Wildman–Crippen LogP) is 4.68. The standard InChI is InChI=1S/C16H10Cl2O4/c1-21-9-4-2-8(3-5-9)15(19)10-7-22-12-6-11(17)16(20)14(18)13(10)12/h2-7,20H,1H3. The van der Waals surface area contributed by atoms with E-state index < -0.39 is 0 Å². The number of hydrogen-bond acceptors (Lipinski definition) is 4. The highest BCUT2D eigenvalue weighted by Gasteiger charge is 2.21. The third-order valence-electron chi connectivity index (χ3n) is 3.33. The van der Waals surface area contributed by atoms with Crippen LogP contribution in [-0.2, 0) is 0 Å². The molecule has 0 atom stereocenters. The first-order valence-electron chi connectivity index (χ1n) is 6.30. The lowest BCUT2D eigenvalue weighted by atomic mass is 10.0. The van der Waals surface area contributed by atoms with Gasteiger partial charge in [-0.05, 0) is 24.3 Å². The Morgan fingerprint density at radius 2 is 1.91 bits per heavy atom. The molecule has 0 radical (unpaired) electrons. The second-order valence-corrected chi connectivity index (χ2v) is 5.39. The lowest BCUT2D eigenvalue weighted by Crippen LogP contribution is -2.00. The van der Waals surface area contributed by atoms with E-state index in [4.69, 9.17) is 32.4 Å². The van der Waals surface area contributed by atoms with E-state index in [9.17, 15) is 9.90 Å². The Kier molecular flexibility index (Phi) is 3.72. The first-order valence-corrected chi connectivity index (χ1v) is 7.05. The molecule has 2 aromatic carbocycles. The second-order valence-electron chi connectivity index (χ2n) is 4.60. The van der Waals surface area contributed by atoms with Crippen molar-refractivity contribution in [2.45, 2.75) is 0 Å². The average molecular weight is 337 g/mol. The van der Waals surface area contributed by atoms with Crippen LogP contribution in [0.15, 0.2) is 41.0 Å². The minimum Gasteiger partial charge on any atom is -0.505 e. The quantitative estimate of drug-likeness (QED) is 0.705. The maximum absolute atomic E-state index is 12.6. The molecule has 112 valence electrons. The molecule has 0 fully saturated rings. The number of halogens is 2. The van der Waals surface area contributed by atoms with Gasteiger partial charge < -0.3 is 14.3 Å². The molecule has 0 saturated carbocycles. The normalized spacial score (nSPS) is 10.9. The first kappa shape index (κ1) is 14.8. The van der Waals surface area contributed by atoms with E-state index in [1.165, 1.54) is 12.3 Å². The number of fused-ring (bicyclic) bond motifs is 1. The van der Waals surface area contributed by atoms with E-state index in [2.05, 4.69) is 0 Å². The smallest absolute Gasteiger partial charge is 0.196 e. The van der Waals surface area contributed by atoms with Crippen LogP contribution in [0.1, 0.15) is 15.9 Å². The monoisotopic (exact) mass is 336 g/mol. The molecule has 3 aromatic rings. The summed E-state index contributed by atoms with van der Waals surface area (Å²) in [6.07, 6.45) is 1.30. The molecule has 3 rings (SSSR count). The summed E-state index contributed by atoms with van der Waals surface area (Å²) in [5.41, 5.74) is 1.05. The topological polar surface area (TPSA) is 59.7 Å². The van der Waals surface area contributed by atoms with Crippen molar-refractivity contribution < 1.29 is 19.1 Å². The zero-order valence-electron chi connectivity index (χ0n) is 11.4. The van der Waals surface area contributed by atoms with E-state index in [-0.39, 0.29) is 27.1 Å². The molecule has 6 heteroatoms. The number of phenols is 1. The highest BCUT2D eigenvalue weighted by atomic mass is 35.5. The van der Waals surface area contributed by atoms with Crippen LogP contribution in [-0.4, -0.2) is 18.0 Å². The Bertz CT molecular complexity index is 866. The van der Waals surface area contributed by atoms with Gasteiger partial charge >= 0.3 is 0 Å². The number of ketones is 1. The van der Waals surface area contributed by atoms with Gasteiger partial charge in [0.1, 0.15) is 17.6 Å². The first-order chi connectivity index (χ1) is 10.5. The molecule has 1 N–H and O–H groups in total. The van der Waals surface area contributed by atoms with Crippen LogP contribution in [0.3, 0.4) is 0 Å². The summed E-state index contributed by atoms with van der Waals surface area (Å²) >= 11 is 11.9. The molecule has 0 saturated heterocycles. The van der Waals surface area contributed by atoms with E-state index in [1.54, 1.807) is 31.4 Å². The number of furan rings is 1. The van der Waals surface area contributed by atoms with Crippen LogP contribution in [0.25, 0.3) is 11.0 Å². The van der Waals surface area contributed by atoms with Gasteiger partial charge in [-0.2, -0.15) is 0 Å². The van der Waals surface area contributed by atoms with Crippen LogP contribution >= 0.6 is 23.2 Å². The number of carbonyl (C=O) groups excluding carboxylic acids is 1. The third-order valence-corrected chi connectivity index (χ3v) is 3.98. The SMILES string of the molecule is COc1ccc(C(=O)c2coc3cc(Cl)c(O)c(Cl)c23)cc1. The van der Waals surface area contributed by atoms with Crippen molar-refractivity contribution in [1.29, 1.82) is 0 Å². The maximum Gasteiger partial charge on any atom is 0.196 e. The Balaban J connectivity index is 2.13. The molecule has 4 nitrogen and oxygen atoms in total. The average Bonchev–Trinajstić information content (AvgIpc) is 2.96. The molecule has 0 amide bonds. The fraction of sp³-hybridized carbons (Fsp3) is 0.0625. The zero-order valence-corrected chi connectivity index (χ0v) is 12.9. The van der Waals surface area contributed by atoms with Crippen LogP contribution < -0.4 is 4.74 Å². The minimum absolute atomic E-state index is 0.00638. The van der Waals surface area contributed by atoms with Gasteiger partial charge in [0.15, 0.2) is 11.5 Å². The van der Waals surface area contributed by atoms with Gasteiger partial charge in [0.2, 0.25) is 0 Å². The zero-order chi connectivity index (χ0) is 15.9. The van der Waals surface area contributed by atoms with Gasteiger partial charge in [-0.3, -0.25) is 4.79 Å². The second kappa shape index (κ2) is 5.55. The highest BCUT2D eigenvalue weighted by Crippen LogP contribution is 2.41. The summed E-state index contributed by atoms with van der Waals surface area (Å²) in [6, 6.07) is 8.08. The number of rotatable bonds is 3. The van der Waals surface area contributed by atoms with Crippen LogP contribution in [0.2, 0.25) is 10.0 Å². The third kappa shape index (κ3) is 2.30. The van der Waals surface area contributed by atoms with Crippen molar-refractivity contribution >= 4 is 40.0 Å². The van der Waals surface area contributed by atoms with Gasteiger partial charge in [-0.1, -0.05) is 23.2 Å². The number of ether oxygens (including phenoxy) is 1. The van der Waals surface area contributed by atoms with Crippen LogP contribution in [0, 0.1) is 0 Å². The number of methoxy groups -OCH3 is 1. The minimum atomic E-state index is -0.277. The number of phenolic OH excluding ortho intramolecular Hbond substituents is 1. The van der Waals surface area contributed by atoms with E-state index in [0.717, 1.165) is 0 Å². The number of carbonyl (C=O) groups is 1. The van der Waals surface area contributed by atoms with Gasteiger partial charge in [-0.25, -0.2) is 0 Å². The molecule has 0 aliphatic heterocycles. The van der Waals surface area contributed by atoms with Crippen molar-refractivity contribution in [3.8, 4) is 11.5 Å². The Morgan fingerprint density at radius 3 is 2.55 bits per heavy atom. The Labute approximate surface area is 135 Å². The fourth-order valence-corrected chi connectivity index (χ4v) is 2.72. The number of benzene rings is 2. The van der Waals surface area contributed by atoms with Gasteiger partial charge in [0, 0.05) is 11.6 Å². The maximum atomic E-state index is 12.6. The Morgan fingerprint density at radius 1 is 1.23 bits per heavy atom. The van der Waals surface area contributed by atoms with Gasteiger partial charge in [-0.15, -0.1) is 0 Å². The summed E-state index contributed by atoms with van der Waals surface area (Å²) in [5, 5.41) is 10.2. The number of hydrogen-bond donors (Lipinski definition) is 1. The van der Waals surface area contributed by atoms with E-state index in [1.807, 2.05) is 0 Å². The van der Waals surface area contributed by atoms with Crippen LogP contribution in [0.4, 0.5) is 0 Å². The summed E-state index contributed by atoms with van der Waals surface area (Å²) in [5.74, 6) is 0.0992. The molecule has 22 heavy (non-hydrogen) atoms. The molecule has 0 bridgehead atoms. The summed E-state index contributed by atoms with van der Waals surface area (Å²) in [7, 11) is 1.55. The predicted molar refractivity (Wildman–Crippen MR) is 84.3 cm³/mol. The molecule has 1 heterocycles. The Hall–Kier alpha value is -2.17. The van der Waals surface area contributed by atoms with Crippen molar-refractivity contribution in [1.82, 2.24) is 0 Å². The largest absolute Gasteiger partial charge is 0.505 e. The summed E-state index contributed by atoms with van der Waals surface area (Å²) in [4.78, 5) is 12.6. The van der Waals surface area contributed by atoms with Crippen molar-refractivity contribution in [2.24, 2.45) is 0 Å². The number of aromatic hydroxyl groups is 1. The van der Waals surface area contributed by atoms with Crippen molar-refractivity contribution in [3.05, 3.63) is 57.8 Å². The van der Waals surface area contributed by atoms with Crippen LogP contribution in [0.5, 0.6) is 11.5 Å². The summed E-state index contributed by atoms with van der Waals surface area (Å²) < 4.78 is 10.4. The van der Waals surface area contributed by atoms with Crippen molar-refractivity contribution in [3.63, 3.8) is 0 Å². The van der Waals surface area contributed by atoms with E-state index >= 15 is 0 Å². The molecule has 1 aromatic heterocycles. The molecule has 0 unspecified atom stereocenters. The molecule has 0 aliphatic rings. The molecule has 0 aliphatic carbocycles. The fourth-order valence-electron chi connectivity index (χ4n) is 2.18. The molecular weight excluding hydrogens is 327 g/mol. The highest BCUT2D eigenvalue weighted by molar-refractivity contribution is 6.42. The molecule has 0 spiro atoms. The summed E-state index contributed by atoms with van der Waals surface area (Å²) in [6.45, 7) is 0. The lowest BCUT2D eigenvalue weighted by molar-refractivity contribution is 0.103. The van der Waals surface area contributed by atoms with Gasteiger partial charge in [0.25, 0.3) is 0 Å².